The lowest BCUT2D eigenvalue weighted by Gasteiger charge is -2.37. The normalized spacial score (nSPS) is 16.8. The first-order valence-electron chi connectivity index (χ1n) is 15.2. The molecule has 2 fully saturated rings. The summed E-state index contributed by atoms with van der Waals surface area (Å²) in [6, 6.07) is 25.0. The van der Waals surface area contributed by atoms with Gasteiger partial charge in [0, 0.05) is 43.9 Å². The molecule has 0 bridgehead atoms. The summed E-state index contributed by atoms with van der Waals surface area (Å²) < 4.78 is 5.81. The molecule has 3 aromatic carbocycles. The van der Waals surface area contributed by atoms with Crippen molar-refractivity contribution in [2.45, 2.75) is 45.2 Å². The van der Waals surface area contributed by atoms with Crippen LogP contribution in [0, 0.1) is 0 Å². The SMILES string of the molecule is CC(=O)N(c1cccc(C(=O)N(C)CCOC(=O)N(c2ccccc2-c2ccccc2)N2CCCCC2)c1)C1CCCN1. The van der Waals surface area contributed by atoms with Crippen LogP contribution in [0.2, 0.25) is 0 Å². The number of likely N-dealkylation sites (N-methyl/N-ethyl adjacent to an activating group) is 1. The second kappa shape index (κ2) is 14.3. The van der Waals surface area contributed by atoms with Gasteiger partial charge in [0.25, 0.3) is 5.91 Å². The second-order valence-corrected chi connectivity index (χ2v) is 11.1. The highest BCUT2D eigenvalue weighted by Crippen LogP contribution is 2.33. The summed E-state index contributed by atoms with van der Waals surface area (Å²) in [5.74, 6) is -0.278. The number of amides is 3. The molecule has 0 aliphatic carbocycles. The molecule has 0 saturated carbocycles. The zero-order valence-corrected chi connectivity index (χ0v) is 25.1. The molecule has 5 rings (SSSR count). The van der Waals surface area contributed by atoms with Crippen molar-refractivity contribution in [2.75, 3.05) is 49.7 Å². The minimum Gasteiger partial charge on any atom is -0.446 e. The molecule has 0 aromatic heterocycles. The van der Waals surface area contributed by atoms with Gasteiger partial charge in [-0.1, -0.05) is 61.0 Å². The quantitative estimate of drug-likeness (QED) is 0.357. The van der Waals surface area contributed by atoms with Crippen molar-refractivity contribution in [1.29, 1.82) is 0 Å². The monoisotopic (exact) mass is 583 g/mol. The number of piperidine rings is 1. The van der Waals surface area contributed by atoms with Gasteiger partial charge in [-0.15, -0.1) is 0 Å². The van der Waals surface area contributed by atoms with Crippen molar-refractivity contribution in [1.82, 2.24) is 15.2 Å². The highest BCUT2D eigenvalue weighted by atomic mass is 16.6. The van der Waals surface area contributed by atoms with Crippen molar-refractivity contribution in [2.24, 2.45) is 0 Å². The molecular formula is C34H41N5O4. The van der Waals surface area contributed by atoms with E-state index >= 15 is 0 Å². The van der Waals surface area contributed by atoms with Gasteiger partial charge in [0.15, 0.2) is 0 Å². The van der Waals surface area contributed by atoms with Crippen LogP contribution in [-0.2, 0) is 9.53 Å². The number of para-hydroxylation sites is 1. The van der Waals surface area contributed by atoms with Crippen LogP contribution in [0.4, 0.5) is 16.2 Å². The van der Waals surface area contributed by atoms with Crippen molar-refractivity contribution < 1.29 is 19.1 Å². The van der Waals surface area contributed by atoms with Crippen molar-refractivity contribution in [3.63, 3.8) is 0 Å². The van der Waals surface area contributed by atoms with E-state index in [-0.39, 0.29) is 31.1 Å². The Balaban J connectivity index is 1.27. The molecule has 1 N–H and O–H groups in total. The van der Waals surface area contributed by atoms with E-state index in [2.05, 4.69) is 10.3 Å². The summed E-state index contributed by atoms with van der Waals surface area (Å²) >= 11 is 0. The molecule has 1 unspecified atom stereocenters. The fourth-order valence-corrected chi connectivity index (χ4v) is 5.87. The van der Waals surface area contributed by atoms with Gasteiger partial charge in [0.05, 0.1) is 18.4 Å². The lowest BCUT2D eigenvalue weighted by molar-refractivity contribution is -0.117. The Morgan fingerprint density at radius 3 is 2.37 bits per heavy atom. The Labute approximate surface area is 254 Å². The molecular weight excluding hydrogens is 542 g/mol. The van der Waals surface area contributed by atoms with Crippen LogP contribution in [0.1, 0.15) is 49.4 Å². The first-order valence-corrected chi connectivity index (χ1v) is 15.2. The third kappa shape index (κ3) is 7.24. The number of nitrogens with one attached hydrogen (secondary N) is 1. The highest BCUT2D eigenvalue weighted by molar-refractivity contribution is 5.98. The van der Waals surface area contributed by atoms with Gasteiger partial charge < -0.3 is 9.64 Å². The molecule has 226 valence electrons. The van der Waals surface area contributed by atoms with Crippen LogP contribution in [0.3, 0.4) is 0 Å². The van der Waals surface area contributed by atoms with Gasteiger partial charge in [-0.3, -0.25) is 19.8 Å². The number of ether oxygens (including phenoxy) is 1. The minimum absolute atomic E-state index is 0.0458. The van der Waals surface area contributed by atoms with E-state index in [0.717, 1.165) is 68.6 Å². The number of carbonyl (C=O) groups excluding carboxylic acids is 3. The maximum atomic E-state index is 13.7. The smallest absolute Gasteiger partial charge is 0.429 e. The fourth-order valence-electron chi connectivity index (χ4n) is 5.87. The summed E-state index contributed by atoms with van der Waals surface area (Å²) in [5.41, 5.74) is 3.90. The molecule has 43 heavy (non-hydrogen) atoms. The predicted molar refractivity (Wildman–Crippen MR) is 169 cm³/mol. The largest absolute Gasteiger partial charge is 0.446 e. The summed E-state index contributed by atoms with van der Waals surface area (Å²) in [7, 11) is 1.69. The Kier molecular flexibility index (Phi) is 10.1. The maximum Gasteiger partial charge on any atom is 0.429 e. The standard InChI is InChI=1S/C34H41N5O4/c1-26(40)38(32-19-12-20-35-32)29-16-11-15-28(25-29)33(41)36(2)23-24-43-34(42)39(37-21-9-4-10-22-37)31-18-8-7-17-30(31)27-13-5-3-6-14-27/h3,5-8,11,13-18,25,32,35H,4,9-10,12,19-24H2,1-2H3. The van der Waals surface area contributed by atoms with E-state index in [1.165, 1.54) is 0 Å². The lowest BCUT2D eigenvalue weighted by atomic mass is 10.0. The van der Waals surface area contributed by atoms with E-state index < -0.39 is 6.09 Å². The van der Waals surface area contributed by atoms with Crippen LogP contribution >= 0.6 is 0 Å². The molecule has 2 saturated heterocycles. The highest BCUT2D eigenvalue weighted by Gasteiger charge is 2.29. The van der Waals surface area contributed by atoms with Crippen molar-refractivity contribution in [3.8, 4) is 11.1 Å². The number of hydrogen-bond donors (Lipinski definition) is 1. The molecule has 1 atom stereocenters. The second-order valence-electron chi connectivity index (χ2n) is 11.1. The predicted octanol–water partition coefficient (Wildman–Crippen LogP) is 5.53. The summed E-state index contributed by atoms with van der Waals surface area (Å²) in [6.45, 7) is 4.21. The number of nitrogens with zero attached hydrogens (tertiary/aromatic N) is 4. The first-order chi connectivity index (χ1) is 20.9. The van der Waals surface area contributed by atoms with Gasteiger partial charge in [-0.2, -0.15) is 0 Å². The maximum absolute atomic E-state index is 13.7. The summed E-state index contributed by atoms with van der Waals surface area (Å²) in [5, 5.41) is 7.09. The Morgan fingerprint density at radius 2 is 1.65 bits per heavy atom. The third-order valence-electron chi connectivity index (χ3n) is 8.06. The molecule has 3 aromatic rings. The number of anilines is 2. The number of carbonyl (C=O) groups is 3. The van der Waals surface area contributed by atoms with E-state index in [1.54, 1.807) is 47.0 Å². The molecule has 2 aliphatic rings. The molecule has 9 heteroatoms. The number of hydrogen-bond acceptors (Lipinski definition) is 6. The molecule has 2 heterocycles. The van der Waals surface area contributed by atoms with E-state index in [4.69, 9.17) is 4.74 Å². The van der Waals surface area contributed by atoms with E-state index in [0.29, 0.717) is 11.3 Å². The zero-order valence-electron chi connectivity index (χ0n) is 25.1. The Hall–Kier alpha value is -4.21. The zero-order chi connectivity index (χ0) is 30.2. The van der Waals surface area contributed by atoms with Crippen LogP contribution in [-0.4, -0.2) is 73.8 Å². The third-order valence-corrected chi connectivity index (χ3v) is 8.06. The molecule has 3 amide bonds. The Bertz CT molecular complexity index is 1400. The van der Waals surface area contributed by atoms with Crippen molar-refractivity contribution in [3.05, 3.63) is 84.4 Å². The molecule has 0 spiro atoms. The van der Waals surface area contributed by atoms with E-state index in [9.17, 15) is 14.4 Å². The van der Waals surface area contributed by atoms with Crippen LogP contribution in [0.25, 0.3) is 11.1 Å². The number of rotatable bonds is 9. The van der Waals surface area contributed by atoms with Gasteiger partial charge in [0.1, 0.15) is 6.61 Å². The summed E-state index contributed by atoms with van der Waals surface area (Å²) in [6.07, 6.45) is 4.48. The minimum atomic E-state index is -0.464. The lowest BCUT2D eigenvalue weighted by Crippen LogP contribution is -2.50. The van der Waals surface area contributed by atoms with Crippen LogP contribution in [0.5, 0.6) is 0 Å². The molecule has 9 nitrogen and oxygen atoms in total. The van der Waals surface area contributed by atoms with Crippen molar-refractivity contribution >= 4 is 29.3 Å². The van der Waals surface area contributed by atoms with Crippen LogP contribution < -0.4 is 15.2 Å². The number of benzene rings is 3. The topological polar surface area (TPSA) is 85.4 Å². The van der Waals surface area contributed by atoms with Crippen LogP contribution in [0.15, 0.2) is 78.9 Å². The molecule has 2 aliphatic heterocycles. The Morgan fingerprint density at radius 1 is 0.907 bits per heavy atom. The number of hydrazine groups is 1. The average Bonchev–Trinajstić information content (AvgIpc) is 3.56. The average molecular weight is 584 g/mol. The van der Waals surface area contributed by atoms with Gasteiger partial charge in [-0.05, 0) is 62.1 Å². The molecule has 0 radical (unpaired) electrons. The summed E-state index contributed by atoms with van der Waals surface area (Å²) in [4.78, 5) is 42.7. The first kappa shape index (κ1) is 30.3. The van der Waals surface area contributed by atoms with Gasteiger partial charge in [0.2, 0.25) is 5.91 Å². The fraction of sp³-hybridized carbons (Fsp3) is 0.382. The van der Waals surface area contributed by atoms with Gasteiger partial charge in [-0.25, -0.2) is 14.8 Å². The van der Waals surface area contributed by atoms with Gasteiger partial charge >= 0.3 is 6.09 Å². The van der Waals surface area contributed by atoms with E-state index in [1.807, 2.05) is 60.7 Å².